The molecule has 1 aliphatic carbocycles. The van der Waals surface area contributed by atoms with Gasteiger partial charge in [-0.1, -0.05) is 61.2 Å². The lowest BCUT2D eigenvalue weighted by molar-refractivity contribution is -0.349. The lowest BCUT2D eigenvalue weighted by Gasteiger charge is -2.49. The van der Waals surface area contributed by atoms with E-state index in [2.05, 4.69) is 17.2 Å². The number of hydrogen-bond acceptors (Lipinski definition) is 19. The molecule has 4 N–H and O–H groups in total. The van der Waals surface area contributed by atoms with Gasteiger partial charge in [0, 0.05) is 40.5 Å². The number of nitrogens with one attached hydrogen (secondary N) is 2. The molecule has 21 heteroatoms. The van der Waals surface area contributed by atoms with Crippen LogP contribution < -0.4 is 10.6 Å². The quantitative estimate of drug-likeness (QED) is 0.0925. The van der Waals surface area contributed by atoms with Crippen molar-refractivity contribution in [3.8, 4) is 11.1 Å². The predicted molar refractivity (Wildman–Crippen MR) is 220 cm³/mol. The van der Waals surface area contributed by atoms with Crippen LogP contribution in [0.3, 0.4) is 0 Å². The summed E-state index contributed by atoms with van der Waals surface area (Å²) in [6.45, 7) is 8.36. The van der Waals surface area contributed by atoms with E-state index in [-0.39, 0.29) is 19.1 Å². The molecule has 2 aliphatic heterocycles. The number of alkyl carbamates (subject to hydrolysis) is 1. The Morgan fingerprint density at radius 1 is 0.723 bits per heavy atom. The largest absolute Gasteiger partial charge is 0.463 e. The van der Waals surface area contributed by atoms with E-state index in [1.807, 2.05) is 48.5 Å². The van der Waals surface area contributed by atoms with Crippen LogP contribution in [0.2, 0.25) is 0 Å². The minimum Gasteiger partial charge on any atom is -0.463 e. The second kappa shape index (κ2) is 22.8. The van der Waals surface area contributed by atoms with Crippen molar-refractivity contribution in [1.29, 1.82) is 0 Å². The Labute approximate surface area is 373 Å². The maximum atomic E-state index is 13.5. The maximum absolute atomic E-state index is 13.5. The van der Waals surface area contributed by atoms with Crippen molar-refractivity contribution in [2.24, 2.45) is 0 Å². The highest BCUT2D eigenvalue weighted by Crippen LogP contribution is 2.44. The monoisotopic (exact) mass is 914 g/mol. The smallest absolute Gasteiger partial charge is 0.407 e. The van der Waals surface area contributed by atoms with E-state index in [1.54, 1.807) is 0 Å². The molecule has 5 rings (SSSR count). The summed E-state index contributed by atoms with van der Waals surface area (Å²) in [5, 5.41) is 27.1. The van der Waals surface area contributed by atoms with Gasteiger partial charge in [-0.05, 0) is 29.2 Å². The third-order valence-electron chi connectivity index (χ3n) is 10.5. The number of aliphatic hydroxyl groups is 2. The fourth-order valence-electron chi connectivity index (χ4n) is 7.84. The molecular formula is C44H54N2O19. The number of amides is 2. The molecule has 0 spiro atoms. The molecule has 2 aromatic carbocycles. The van der Waals surface area contributed by atoms with Crippen LogP contribution in [0.5, 0.6) is 0 Å². The molecule has 65 heavy (non-hydrogen) atoms. The van der Waals surface area contributed by atoms with Crippen molar-refractivity contribution in [1.82, 2.24) is 10.6 Å². The van der Waals surface area contributed by atoms with Gasteiger partial charge in [0.2, 0.25) is 5.91 Å². The molecule has 2 heterocycles. The molecule has 2 fully saturated rings. The summed E-state index contributed by atoms with van der Waals surface area (Å²) in [7, 11) is 0. The third kappa shape index (κ3) is 12.6. The molecule has 21 nitrogen and oxygen atoms in total. The van der Waals surface area contributed by atoms with Gasteiger partial charge in [-0.25, -0.2) is 9.59 Å². The molecule has 0 bridgehead atoms. The zero-order valence-electron chi connectivity index (χ0n) is 36.6. The third-order valence-corrected chi connectivity index (χ3v) is 10.5. The van der Waals surface area contributed by atoms with Crippen molar-refractivity contribution in [2.45, 2.75) is 121 Å². The van der Waals surface area contributed by atoms with Gasteiger partial charge < -0.3 is 68.2 Å². The number of hydrogen-bond donors (Lipinski definition) is 4. The molecule has 2 saturated heterocycles. The summed E-state index contributed by atoms with van der Waals surface area (Å²) in [5.41, 5.74) is 3.88. The Kier molecular flexibility index (Phi) is 17.5. The second-order valence-corrected chi connectivity index (χ2v) is 15.3. The Balaban J connectivity index is 1.43. The highest BCUT2D eigenvalue weighted by molar-refractivity contribution is 5.82. The molecule has 2 aromatic rings. The Hall–Kier alpha value is -5.97. The number of esters is 5. The van der Waals surface area contributed by atoms with Crippen LogP contribution in [-0.2, 0) is 76.1 Å². The first-order valence-electron chi connectivity index (χ1n) is 20.7. The first-order chi connectivity index (χ1) is 30.9. The van der Waals surface area contributed by atoms with Gasteiger partial charge in [-0.3, -0.25) is 24.0 Å². The van der Waals surface area contributed by atoms with Crippen LogP contribution in [-0.4, -0.2) is 152 Å². The van der Waals surface area contributed by atoms with Gasteiger partial charge in [0.15, 0.2) is 36.9 Å². The van der Waals surface area contributed by atoms with E-state index in [9.17, 15) is 43.8 Å². The topological polar surface area (TPSA) is 276 Å². The number of fused-ring (bicyclic) bond motifs is 3. The van der Waals surface area contributed by atoms with Gasteiger partial charge in [-0.2, -0.15) is 0 Å². The molecule has 10 unspecified atom stereocenters. The van der Waals surface area contributed by atoms with Crippen LogP contribution >= 0.6 is 0 Å². The second-order valence-electron chi connectivity index (χ2n) is 15.3. The zero-order chi connectivity index (χ0) is 47.5. The SMILES string of the molecule is C=CCOC(=O)[C@@H](NC(=O)OCC1c2ccccc2-c2ccccc21)[C@@H](C)OC1OC(CO)C(O)C(OC2OC(COC(C)=O)C(OC(C)=O)C(OC(C)=O)C2OC(C)=O)C1NC(C)=O. The number of aliphatic hydroxyl groups excluding tert-OH is 2. The summed E-state index contributed by atoms with van der Waals surface area (Å²) in [6, 6.07) is 12.2. The summed E-state index contributed by atoms with van der Waals surface area (Å²) >= 11 is 0. The number of carbonyl (C=O) groups excluding carboxylic acids is 7. The highest BCUT2D eigenvalue weighted by atomic mass is 16.8. The number of rotatable bonds is 18. The maximum Gasteiger partial charge on any atom is 0.407 e. The van der Waals surface area contributed by atoms with E-state index in [0.29, 0.717) is 0 Å². The van der Waals surface area contributed by atoms with Crippen LogP contribution in [0.1, 0.15) is 58.6 Å². The lowest BCUT2D eigenvalue weighted by atomic mass is 9.95. The van der Waals surface area contributed by atoms with E-state index in [0.717, 1.165) is 56.9 Å². The van der Waals surface area contributed by atoms with Gasteiger partial charge in [0.1, 0.15) is 50.3 Å². The first-order valence-corrected chi connectivity index (χ1v) is 20.7. The first kappa shape index (κ1) is 50.0. The summed E-state index contributed by atoms with van der Waals surface area (Å²) < 4.78 is 57.0. The number of ether oxygens (including phenoxy) is 10. The van der Waals surface area contributed by atoms with Gasteiger partial charge in [0.25, 0.3) is 0 Å². The van der Waals surface area contributed by atoms with Crippen LogP contribution in [0.15, 0.2) is 61.2 Å². The number of benzene rings is 2. The average molecular weight is 915 g/mol. The standard InChI is InChI=1S/C44H54N2O19/c1-8-17-56-41(54)34(46-44(55)58-19-31-29-15-11-9-13-27(29)28-14-10-12-16-30(28)31)21(2)59-42-35(45-22(3)48)38(36(53)32(18-47)63-42)65-43-40(62-26(7)52)39(61-25(6)51)37(60-24(5)50)33(64-43)20-57-23(4)49/h8-16,21,31-40,42-43,47,53H,1,17-20H2,2-7H3,(H,45,48)(H,46,55)/t21-,32?,33?,34+,35?,36?,37?,38?,39?,40?,42?,43?/m1/s1. The fraction of sp³-hybridized carbons (Fsp3) is 0.523. The Morgan fingerprint density at radius 3 is 1.85 bits per heavy atom. The van der Waals surface area contributed by atoms with E-state index < -0.39 is 129 Å². The van der Waals surface area contributed by atoms with Crippen molar-refractivity contribution in [3.05, 3.63) is 72.3 Å². The van der Waals surface area contributed by atoms with E-state index in [1.165, 1.54) is 13.0 Å². The minimum absolute atomic E-state index is 0.103. The Morgan fingerprint density at radius 2 is 1.29 bits per heavy atom. The van der Waals surface area contributed by atoms with Crippen molar-refractivity contribution in [3.63, 3.8) is 0 Å². The summed E-state index contributed by atoms with van der Waals surface area (Å²) in [4.78, 5) is 88.9. The summed E-state index contributed by atoms with van der Waals surface area (Å²) in [6.07, 6.45) is -16.2. The molecule has 354 valence electrons. The van der Waals surface area contributed by atoms with Gasteiger partial charge in [0.05, 0.1) is 12.7 Å². The van der Waals surface area contributed by atoms with Crippen LogP contribution in [0.25, 0.3) is 11.1 Å². The molecule has 0 radical (unpaired) electrons. The van der Waals surface area contributed by atoms with Crippen LogP contribution in [0, 0.1) is 0 Å². The summed E-state index contributed by atoms with van der Waals surface area (Å²) in [5.74, 6) is -5.54. The minimum atomic E-state index is -1.86. The Bertz CT molecular complexity index is 2020. The highest BCUT2D eigenvalue weighted by Gasteiger charge is 2.56. The lowest BCUT2D eigenvalue weighted by Crippen LogP contribution is -2.69. The number of carbonyl (C=O) groups is 7. The average Bonchev–Trinajstić information content (AvgIpc) is 3.57. The van der Waals surface area contributed by atoms with E-state index >= 15 is 0 Å². The van der Waals surface area contributed by atoms with Gasteiger partial charge >= 0.3 is 35.9 Å². The van der Waals surface area contributed by atoms with Crippen molar-refractivity contribution < 1.29 is 91.1 Å². The predicted octanol–water partition coefficient (Wildman–Crippen LogP) is 1.08. The molecule has 3 aliphatic rings. The van der Waals surface area contributed by atoms with Crippen LogP contribution in [0.4, 0.5) is 4.79 Å². The zero-order valence-corrected chi connectivity index (χ0v) is 36.6. The molecule has 0 saturated carbocycles. The molecule has 2 amide bonds. The van der Waals surface area contributed by atoms with E-state index in [4.69, 9.17) is 47.4 Å². The molecular weight excluding hydrogens is 860 g/mol. The van der Waals surface area contributed by atoms with Gasteiger partial charge in [-0.15, -0.1) is 0 Å². The van der Waals surface area contributed by atoms with Crippen molar-refractivity contribution >= 4 is 41.8 Å². The van der Waals surface area contributed by atoms with Crippen molar-refractivity contribution in [2.75, 3.05) is 26.4 Å². The fourth-order valence-corrected chi connectivity index (χ4v) is 7.84. The molecule has 0 aromatic heterocycles. The molecule has 12 atom stereocenters. The normalized spacial score (nSPS) is 26.7.